The van der Waals surface area contributed by atoms with Crippen molar-refractivity contribution in [3.05, 3.63) is 34.9 Å². The maximum Gasteiger partial charge on any atom is 0.262 e. The molecule has 2 fully saturated rings. The molecular formula is C24H30N4O4. The van der Waals surface area contributed by atoms with E-state index in [9.17, 15) is 15.2 Å². The van der Waals surface area contributed by atoms with E-state index in [0.29, 0.717) is 44.6 Å². The quantitative estimate of drug-likeness (QED) is 0.718. The number of aliphatic hydroxyl groups is 1. The van der Waals surface area contributed by atoms with Crippen LogP contribution in [0.25, 0.3) is 0 Å². The molecule has 2 heterocycles. The molecule has 8 nitrogen and oxygen atoms in total. The lowest BCUT2D eigenvalue weighted by Gasteiger charge is -2.49. The molecule has 170 valence electrons. The number of carbonyl (C=O) groups excluding carboxylic acids is 1. The monoisotopic (exact) mass is 438 g/mol. The lowest BCUT2D eigenvalue weighted by atomic mass is 9.56. The minimum absolute atomic E-state index is 0.0220. The van der Waals surface area contributed by atoms with Crippen LogP contribution in [0.2, 0.25) is 0 Å². The number of guanidine groups is 1. The van der Waals surface area contributed by atoms with E-state index < -0.39 is 17.1 Å². The third-order valence-corrected chi connectivity index (χ3v) is 7.90. The van der Waals surface area contributed by atoms with Crippen LogP contribution >= 0.6 is 0 Å². The summed E-state index contributed by atoms with van der Waals surface area (Å²) in [6, 6.07) is 7.76. The minimum atomic E-state index is -1.18. The van der Waals surface area contributed by atoms with Crippen LogP contribution in [0.4, 0.5) is 0 Å². The smallest absolute Gasteiger partial charge is 0.262 e. The molecule has 2 aliphatic carbocycles. The lowest BCUT2D eigenvalue weighted by molar-refractivity contribution is -0.145. The summed E-state index contributed by atoms with van der Waals surface area (Å²) in [4.78, 5) is 20.7. The van der Waals surface area contributed by atoms with Gasteiger partial charge in [0.25, 0.3) is 5.91 Å². The standard InChI is InChI=1S/C24H30N4O4/c1-14-8-23(9-15(2)20(14)29)10-17-4-3-16(11-25)7-19(17)24(23)21(30)28(22(26)27-24)12-18-13-31-5-6-32-18/h3-4,7,14-15,18,20,29H,5-6,8-10,12-13H2,1-2H3,(H2,26,27)/t14-,15+,18-,20?,23?,24+/m0/s1. The number of rotatable bonds is 2. The minimum Gasteiger partial charge on any atom is -0.393 e. The second-order valence-electron chi connectivity index (χ2n) is 9.96. The van der Waals surface area contributed by atoms with Crippen molar-refractivity contribution in [1.82, 2.24) is 4.90 Å². The number of aliphatic hydroxyl groups excluding tert-OH is 1. The van der Waals surface area contributed by atoms with E-state index in [1.165, 1.54) is 4.90 Å². The zero-order valence-corrected chi connectivity index (χ0v) is 18.6. The Kier molecular flexibility index (Phi) is 5.04. The van der Waals surface area contributed by atoms with Crippen LogP contribution in [-0.2, 0) is 26.2 Å². The molecule has 1 saturated carbocycles. The number of ether oxygens (including phenoxy) is 2. The van der Waals surface area contributed by atoms with Crippen LogP contribution in [-0.4, -0.2) is 60.4 Å². The highest BCUT2D eigenvalue weighted by atomic mass is 16.6. The van der Waals surface area contributed by atoms with Crippen molar-refractivity contribution in [3.63, 3.8) is 0 Å². The first kappa shape index (κ1) is 21.4. The van der Waals surface area contributed by atoms with E-state index in [1.54, 1.807) is 6.07 Å². The molecule has 8 heteroatoms. The van der Waals surface area contributed by atoms with Crippen LogP contribution < -0.4 is 5.73 Å². The number of fused-ring (bicyclic) bond motifs is 3. The molecule has 0 aromatic heterocycles. The molecule has 32 heavy (non-hydrogen) atoms. The lowest BCUT2D eigenvalue weighted by Crippen LogP contribution is -2.56. The van der Waals surface area contributed by atoms with E-state index in [1.807, 2.05) is 26.0 Å². The first-order valence-electron chi connectivity index (χ1n) is 11.4. The summed E-state index contributed by atoms with van der Waals surface area (Å²) >= 11 is 0. The fourth-order valence-corrected chi connectivity index (χ4v) is 6.60. The van der Waals surface area contributed by atoms with Gasteiger partial charge in [0.15, 0.2) is 11.5 Å². The average molecular weight is 439 g/mol. The predicted molar refractivity (Wildman–Crippen MR) is 116 cm³/mol. The second kappa shape index (κ2) is 7.55. The number of nitrogens with zero attached hydrogens (tertiary/aromatic N) is 3. The molecule has 2 spiro atoms. The van der Waals surface area contributed by atoms with Gasteiger partial charge in [-0.05, 0) is 54.4 Å². The highest BCUT2D eigenvalue weighted by Gasteiger charge is 2.68. The zero-order valence-electron chi connectivity index (χ0n) is 18.6. The molecule has 0 bridgehead atoms. The summed E-state index contributed by atoms with van der Waals surface area (Å²) < 4.78 is 11.3. The first-order valence-corrected chi connectivity index (χ1v) is 11.4. The molecular weight excluding hydrogens is 408 g/mol. The van der Waals surface area contributed by atoms with Crippen LogP contribution in [0.1, 0.15) is 43.4 Å². The highest BCUT2D eigenvalue weighted by Crippen LogP contribution is 2.63. The van der Waals surface area contributed by atoms with Crippen molar-refractivity contribution in [2.75, 3.05) is 26.4 Å². The topological polar surface area (TPSA) is 121 Å². The van der Waals surface area contributed by atoms with Crippen LogP contribution in [0.15, 0.2) is 23.2 Å². The average Bonchev–Trinajstić information content (AvgIpc) is 3.19. The van der Waals surface area contributed by atoms with Crippen molar-refractivity contribution in [1.29, 1.82) is 5.26 Å². The van der Waals surface area contributed by atoms with Crippen LogP contribution in [0.3, 0.4) is 0 Å². The van der Waals surface area contributed by atoms with E-state index in [4.69, 9.17) is 20.2 Å². The van der Waals surface area contributed by atoms with Gasteiger partial charge in [-0.25, -0.2) is 4.99 Å². The van der Waals surface area contributed by atoms with Gasteiger partial charge in [-0.3, -0.25) is 9.69 Å². The van der Waals surface area contributed by atoms with Gasteiger partial charge in [-0.15, -0.1) is 0 Å². The Morgan fingerprint density at radius 2 is 2.06 bits per heavy atom. The van der Waals surface area contributed by atoms with E-state index >= 15 is 0 Å². The molecule has 2 unspecified atom stereocenters. The van der Waals surface area contributed by atoms with E-state index in [-0.39, 0.29) is 36.4 Å². The number of amides is 1. The fraction of sp³-hybridized carbons (Fsp3) is 0.625. The van der Waals surface area contributed by atoms with Gasteiger partial charge in [0.1, 0.15) is 0 Å². The summed E-state index contributed by atoms with van der Waals surface area (Å²) in [5.41, 5.74) is 7.03. The Bertz CT molecular complexity index is 1000. The van der Waals surface area contributed by atoms with E-state index in [2.05, 4.69) is 6.07 Å². The molecule has 0 radical (unpaired) electrons. The van der Waals surface area contributed by atoms with Crippen molar-refractivity contribution < 1.29 is 19.4 Å². The number of aliphatic imine (C=N–C) groups is 1. The summed E-state index contributed by atoms with van der Waals surface area (Å²) in [6.45, 7) is 5.80. The Hall–Kier alpha value is -2.47. The normalized spacial score (nSPS) is 38.8. The van der Waals surface area contributed by atoms with Gasteiger partial charge < -0.3 is 20.3 Å². The van der Waals surface area contributed by atoms with Crippen molar-refractivity contribution in [2.45, 2.75) is 50.9 Å². The second-order valence-corrected chi connectivity index (χ2v) is 9.96. The van der Waals surface area contributed by atoms with Gasteiger partial charge in [-0.2, -0.15) is 5.26 Å². The van der Waals surface area contributed by atoms with Crippen molar-refractivity contribution in [2.24, 2.45) is 28.0 Å². The summed E-state index contributed by atoms with van der Waals surface area (Å²) in [6.07, 6.45) is 1.32. The molecule has 6 atom stereocenters. The Labute approximate surface area is 188 Å². The maximum absolute atomic E-state index is 14.2. The third kappa shape index (κ3) is 2.92. The van der Waals surface area contributed by atoms with Gasteiger partial charge in [-0.1, -0.05) is 19.9 Å². The molecule has 1 amide bonds. The Balaban J connectivity index is 1.61. The van der Waals surface area contributed by atoms with Gasteiger partial charge in [0.2, 0.25) is 0 Å². The summed E-state index contributed by atoms with van der Waals surface area (Å²) in [5, 5.41) is 20.2. The summed E-state index contributed by atoms with van der Waals surface area (Å²) in [7, 11) is 0. The number of benzene rings is 1. The third-order valence-electron chi connectivity index (χ3n) is 7.90. The van der Waals surface area contributed by atoms with Crippen LogP contribution in [0.5, 0.6) is 0 Å². The number of hydrogen-bond donors (Lipinski definition) is 2. The number of carbonyl (C=O) groups is 1. The fourth-order valence-electron chi connectivity index (χ4n) is 6.60. The number of nitriles is 1. The van der Waals surface area contributed by atoms with Gasteiger partial charge in [0.05, 0.1) is 50.2 Å². The van der Waals surface area contributed by atoms with Crippen molar-refractivity contribution in [3.8, 4) is 6.07 Å². The summed E-state index contributed by atoms with van der Waals surface area (Å²) in [5.74, 6) is 0.0708. The molecule has 1 aromatic rings. The number of hydrogen-bond acceptors (Lipinski definition) is 7. The molecule has 4 aliphatic rings. The van der Waals surface area contributed by atoms with Crippen LogP contribution in [0, 0.1) is 28.6 Å². The Morgan fingerprint density at radius 1 is 1.31 bits per heavy atom. The van der Waals surface area contributed by atoms with Gasteiger partial charge >= 0.3 is 0 Å². The molecule has 1 aromatic carbocycles. The molecule has 2 aliphatic heterocycles. The molecule has 1 saturated heterocycles. The van der Waals surface area contributed by atoms with E-state index in [0.717, 1.165) is 11.1 Å². The highest BCUT2D eigenvalue weighted by molar-refractivity contribution is 6.08. The van der Waals surface area contributed by atoms with Crippen molar-refractivity contribution >= 4 is 11.9 Å². The largest absolute Gasteiger partial charge is 0.393 e. The predicted octanol–water partition coefficient (Wildman–Crippen LogP) is 1.30. The Morgan fingerprint density at radius 3 is 2.72 bits per heavy atom. The maximum atomic E-state index is 14.2. The van der Waals surface area contributed by atoms with Gasteiger partial charge in [0, 0.05) is 5.41 Å². The molecule has 5 rings (SSSR count). The first-order chi connectivity index (χ1) is 15.3. The number of nitrogens with two attached hydrogens (primary N) is 1. The SMILES string of the molecule is C[C@@H]1CC2(Cc3ccc(C#N)cc3[C@]23N=C(N)N(C[C@H]2COCCO2)C3=O)C[C@H](C)C1O. The molecule has 3 N–H and O–H groups in total. The zero-order chi connectivity index (χ0) is 22.7.